The van der Waals surface area contributed by atoms with Crippen LogP contribution in [0.1, 0.15) is 25.5 Å². The van der Waals surface area contributed by atoms with Crippen molar-refractivity contribution in [2.75, 3.05) is 6.54 Å². The molecule has 1 aromatic carbocycles. The Kier molecular flexibility index (Phi) is 4.72. The van der Waals surface area contributed by atoms with Gasteiger partial charge in [0.1, 0.15) is 5.82 Å². The fourth-order valence-corrected chi connectivity index (χ4v) is 1.36. The van der Waals surface area contributed by atoms with Gasteiger partial charge >= 0.3 is 0 Å². The van der Waals surface area contributed by atoms with E-state index in [1.807, 2.05) is 19.9 Å². The molecule has 1 atom stereocenters. The first-order chi connectivity index (χ1) is 7.67. The number of guanidine groups is 1. The summed E-state index contributed by atoms with van der Waals surface area (Å²) in [7, 11) is 0. The first-order valence-electron chi connectivity index (χ1n) is 5.20. The highest BCUT2D eigenvalue weighted by atomic mass is 19.1. The van der Waals surface area contributed by atoms with Crippen LogP contribution in [0.3, 0.4) is 0 Å². The molecule has 0 heterocycles. The zero-order chi connectivity index (χ0) is 12.0. The summed E-state index contributed by atoms with van der Waals surface area (Å²) in [6.45, 7) is 4.45. The fraction of sp³-hybridized carbons (Fsp3) is 0.364. The van der Waals surface area contributed by atoms with Crippen LogP contribution in [0, 0.1) is 5.82 Å². The van der Waals surface area contributed by atoms with E-state index in [0.29, 0.717) is 12.5 Å². The van der Waals surface area contributed by atoms with Gasteiger partial charge in [0.05, 0.1) is 6.04 Å². The lowest BCUT2D eigenvalue weighted by Gasteiger charge is -2.16. The standard InChI is InChI=1S/C11H17FN4/c1-3-14-11(16-13)15-8(2)9-5-4-6-10(12)7-9/h4-8H,3,13H2,1-2H3,(H2,14,15,16). The van der Waals surface area contributed by atoms with Crippen molar-refractivity contribution in [1.82, 2.24) is 10.7 Å². The summed E-state index contributed by atoms with van der Waals surface area (Å²) in [5.41, 5.74) is 3.31. The summed E-state index contributed by atoms with van der Waals surface area (Å²) in [4.78, 5) is 4.11. The number of halogens is 1. The summed E-state index contributed by atoms with van der Waals surface area (Å²) in [5.74, 6) is 5.55. The van der Waals surface area contributed by atoms with Crippen LogP contribution in [0.25, 0.3) is 0 Å². The second-order valence-electron chi connectivity index (χ2n) is 3.39. The van der Waals surface area contributed by atoms with Crippen LogP contribution < -0.4 is 16.6 Å². The Morgan fingerprint density at radius 1 is 1.56 bits per heavy atom. The van der Waals surface area contributed by atoms with Crippen molar-refractivity contribution < 1.29 is 4.39 Å². The third kappa shape index (κ3) is 3.51. The van der Waals surface area contributed by atoms with Crippen LogP contribution in [0.4, 0.5) is 4.39 Å². The first kappa shape index (κ1) is 12.4. The SMILES string of the molecule is CCN=C(NN)NC(C)c1cccc(F)c1. The molecule has 5 heteroatoms. The molecule has 0 amide bonds. The number of nitrogens with two attached hydrogens (primary N) is 1. The molecule has 0 aliphatic carbocycles. The van der Waals surface area contributed by atoms with Gasteiger partial charge in [0.15, 0.2) is 0 Å². The number of hydrazine groups is 1. The zero-order valence-electron chi connectivity index (χ0n) is 9.50. The maximum Gasteiger partial charge on any atom is 0.206 e. The number of rotatable bonds is 3. The van der Waals surface area contributed by atoms with Crippen molar-refractivity contribution in [3.8, 4) is 0 Å². The van der Waals surface area contributed by atoms with E-state index in [-0.39, 0.29) is 11.9 Å². The summed E-state index contributed by atoms with van der Waals surface area (Å²) in [6, 6.07) is 6.36. The lowest BCUT2D eigenvalue weighted by Crippen LogP contribution is -2.42. The molecule has 4 N–H and O–H groups in total. The summed E-state index contributed by atoms with van der Waals surface area (Å²) >= 11 is 0. The van der Waals surface area contributed by atoms with Gasteiger partial charge in [-0.2, -0.15) is 0 Å². The van der Waals surface area contributed by atoms with Gasteiger partial charge in [0, 0.05) is 6.54 Å². The predicted molar refractivity (Wildman–Crippen MR) is 63.2 cm³/mol. The van der Waals surface area contributed by atoms with Crippen molar-refractivity contribution >= 4 is 5.96 Å². The largest absolute Gasteiger partial charge is 0.349 e. The van der Waals surface area contributed by atoms with E-state index in [4.69, 9.17) is 5.84 Å². The second kappa shape index (κ2) is 6.07. The molecule has 1 unspecified atom stereocenters. The van der Waals surface area contributed by atoms with Crippen LogP contribution in [0.2, 0.25) is 0 Å². The van der Waals surface area contributed by atoms with Gasteiger partial charge < -0.3 is 5.32 Å². The Labute approximate surface area is 94.7 Å². The second-order valence-corrected chi connectivity index (χ2v) is 3.39. The molecule has 0 spiro atoms. The molecule has 0 bridgehead atoms. The molecule has 1 rings (SSSR count). The molecular formula is C11H17FN4. The normalized spacial score (nSPS) is 13.4. The van der Waals surface area contributed by atoms with E-state index in [0.717, 1.165) is 5.56 Å². The topological polar surface area (TPSA) is 62.4 Å². The minimum absolute atomic E-state index is 0.0583. The van der Waals surface area contributed by atoms with E-state index in [1.54, 1.807) is 6.07 Å². The Morgan fingerprint density at radius 3 is 2.88 bits per heavy atom. The maximum absolute atomic E-state index is 13.0. The van der Waals surface area contributed by atoms with Gasteiger partial charge in [-0.1, -0.05) is 12.1 Å². The van der Waals surface area contributed by atoms with Gasteiger partial charge in [-0.3, -0.25) is 10.4 Å². The highest BCUT2D eigenvalue weighted by Crippen LogP contribution is 2.12. The van der Waals surface area contributed by atoms with Crippen LogP contribution in [-0.4, -0.2) is 12.5 Å². The Balaban J connectivity index is 2.71. The van der Waals surface area contributed by atoms with E-state index < -0.39 is 0 Å². The average molecular weight is 224 g/mol. The molecule has 0 aliphatic rings. The zero-order valence-corrected chi connectivity index (χ0v) is 9.50. The van der Waals surface area contributed by atoms with E-state index in [2.05, 4.69) is 15.7 Å². The summed E-state index contributed by atoms with van der Waals surface area (Å²) in [6.07, 6.45) is 0. The first-order valence-corrected chi connectivity index (χ1v) is 5.20. The highest BCUT2D eigenvalue weighted by molar-refractivity contribution is 5.79. The summed E-state index contributed by atoms with van der Waals surface area (Å²) in [5, 5.41) is 3.06. The Hall–Kier alpha value is -1.62. The minimum atomic E-state index is -0.249. The Morgan fingerprint density at radius 2 is 2.31 bits per heavy atom. The molecule has 4 nitrogen and oxygen atoms in total. The quantitative estimate of drug-likeness (QED) is 0.314. The number of nitrogens with one attached hydrogen (secondary N) is 2. The summed E-state index contributed by atoms with van der Waals surface area (Å²) < 4.78 is 13.0. The van der Waals surface area contributed by atoms with Crippen molar-refractivity contribution in [2.24, 2.45) is 10.8 Å². The lowest BCUT2D eigenvalue weighted by atomic mass is 10.1. The molecule has 88 valence electrons. The van der Waals surface area contributed by atoms with Crippen molar-refractivity contribution in [3.63, 3.8) is 0 Å². The molecule has 0 aliphatic heterocycles. The van der Waals surface area contributed by atoms with Gasteiger partial charge in [0.2, 0.25) is 5.96 Å². The molecule has 0 saturated heterocycles. The van der Waals surface area contributed by atoms with Gasteiger partial charge in [-0.05, 0) is 31.5 Å². The molecule has 0 fully saturated rings. The lowest BCUT2D eigenvalue weighted by molar-refractivity contribution is 0.616. The van der Waals surface area contributed by atoms with Crippen LogP contribution in [0.15, 0.2) is 29.3 Å². The third-order valence-electron chi connectivity index (χ3n) is 2.15. The fourth-order valence-electron chi connectivity index (χ4n) is 1.36. The van der Waals surface area contributed by atoms with Gasteiger partial charge in [-0.15, -0.1) is 0 Å². The molecule has 0 aromatic heterocycles. The van der Waals surface area contributed by atoms with E-state index in [1.165, 1.54) is 12.1 Å². The molecule has 16 heavy (non-hydrogen) atoms. The molecule has 0 radical (unpaired) electrons. The predicted octanol–water partition coefficient (Wildman–Crippen LogP) is 1.32. The average Bonchev–Trinajstić information content (AvgIpc) is 2.28. The number of benzene rings is 1. The minimum Gasteiger partial charge on any atom is -0.349 e. The number of nitrogens with zero attached hydrogens (tertiary/aromatic N) is 1. The van der Waals surface area contributed by atoms with Crippen LogP contribution in [-0.2, 0) is 0 Å². The highest BCUT2D eigenvalue weighted by Gasteiger charge is 2.07. The number of hydrogen-bond acceptors (Lipinski definition) is 2. The third-order valence-corrected chi connectivity index (χ3v) is 2.15. The number of hydrogen-bond donors (Lipinski definition) is 3. The van der Waals surface area contributed by atoms with Gasteiger partial charge in [0.25, 0.3) is 0 Å². The Bertz CT molecular complexity index is 365. The maximum atomic E-state index is 13.0. The number of aliphatic imine (C=N–C) groups is 1. The van der Waals surface area contributed by atoms with Gasteiger partial charge in [-0.25, -0.2) is 10.2 Å². The van der Waals surface area contributed by atoms with Crippen molar-refractivity contribution in [3.05, 3.63) is 35.6 Å². The monoisotopic (exact) mass is 224 g/mol. The molecule has 1 aromatic rings. The molecule has 0 saturated carbocycles. The van der Waals surface area contributed by atoms with Crippen molar-refractivity contribution in [1.29, 1.82) is 0 Å². The van der Waals surface area contributed by atoms with E-state index >= 15 is 0 Å². The molecular weight excluding hydrogens is 207 g/mol. The van der Waals surface area contributed by atoms with E-state index in [9.17, 15) is 4.39 Å². The smallest absolute Gasteiger partial charge is 0.206 e. The van der Waals surface area contributed by atoms with Crippen molar-refractivity contribution in [2.45, 2.75) is 19.9 Å². The van der Waals surface area contributed by atoms with Crippen LogP contribution >= 0.6 is 0 Å². The van der Waals surface area contributed by atoms with Crippen LogP contribution in [0.5, 0.6) is 0 Å².